The van der Waals surface area contributed by atoms with E-state index in [1.54, 1.807) is 7.11 Å². The molecule has 1 aromatic rings. The number of rotatable bonds is 9. The van der Waals surface area contributed by atoms with Gasteiger partial charge in [0.1, 0.15) is 18.1 Å². The number of ether oxygens (including phenoxy) is 3. The van der Waals surface area contributed by atoms with Crippen LogP contribution in [0.1, 0.15) is 24.8 Å². The topological polar surface area (TPSA) is 27.7 Å². The van der Waals surface area contributed by atoms with Crippen LogP contribution in [0.4, 0.5) is 0 Å². The average molecular weight is 263 g/mol. The first-order valence-electron chi connectivity index (χ1n) is 7.00. The van der Waals surface area contributed by atoms with Gasteiger partial charge in [-0.25, -0.2) is 0 Å². The monoisotopic (exact) mass is 263 g/mol. The van der Waals surface area contributed by atoms with Gasteiger partial charge in [-0.05, 0) is 43.2 Å². The fourth-order valence-electron chi connectivity index (χ4n) is 1.89. The van der Waals surface area contributed by atoms with Crippen LogP contribution in [-0.4, -0.2) is 26.9 Å². The second kappa shape index (κ2) is 7.39. The van der Waals surface area contributed by atoms with Gasteiger partial charge < -0.3 is 14.2 Å². The highest BCUT2D eigenvalue weighted by Crippen LogP contribution is 2.32. The minimum absolute atomic E-state index is 0.563. The van der Waals surface area contributed by atoms with E-state index in [2.05, 4.69) is 13.0 Å². The molecule has 0 aromatic heterocycles. The van der Waals surface area contributed by atoms with Crippen LogP contribution in [0.15, 0.2) is 18.2 Å². The molecule has 0 unspecified atom stereocenters. The van der Waals surface area contributed by atoms with E-state index in [-0.39, 0.29) is 0 Å². The highest BCUT2D eigenvalue weighted by atomic mass is 16.5. The van der Waals surface area contributed by atoms with Crippen LogP contribution in [0.3, 0.4) is 0 Å². The molecule has 1 saturated carbocycles. The van der Waals surface area contributed by atoms with Crippen molar-refractivity contribution in [1.29, 1.82) is 0 Å². The van der Waals surface area contributed by atoms with E-state index in [1.807, 2.05) is 12.1 Å². The van der Waals surface area contributed by atoms with Gasteiger partial charge in [0.25, 0.3) is 0 Å². The number of aryl methyl sites for hydroxylation is 1. The molecule has 1 fully saturated rings. The van der Waals surface area contributed by atoms with E-state index in [4.69, 9.17) is 14.2 Å². The summed E-state index contributed by atoms with van der Waals surface area (Å²) in [6.45, 7) is 5.89. The Morgan fingerprint density at radius 3 is 2.74 bits per heavy atom. The second-order valence-corrected chi connectivity index (χ2v) is 4.97. The maximum Gasteiger partial charge on any atom is 0.126 e. The van der Waals surface area contributed by atoms with E-state index >= 15 is 0 Å². The van der Waals surface area contributed by atoms with Crippen molar-refractivity contribution in [2.24, 2.45) is 5.92 Å². The van der Waals surface area contributed by atoms with E-state index in [1.165, 1.54) is 18.4 Å². The summed E-state index contributed by atoms with van der Waals surface area (Å²) in [5.41, 5.74) is 1.22. The minimum Gasteiger partial charge on any atom is -0.493 e. The Bertz CT molecular complexity index is 386. The molecule has 0 saturated heterocycles. The Kier molecular flexibility index (Phi) is 5.52. The minimum atomic E-state index is 0.563. The predicted octanol–water partition coefficient (Wildman–Crippen LogP) is 3.27. The zero-order valence-corrected chi connectivity index (χ0v) is 11.7. The van der Waals surface area contributed by atoms with Gasteiger partial charge in [0.05, 0.1) is 13.2 Å². The van der Waals surface area contributed by atoms with Crippen LogP contribution in [0.2, 0.25) is 0 Å². The summed E-state index contributed by atoms with van der Waals surface area (Å²) >= 11 is 0. The summed E-state index contributed by atoms with van der Waals surface area (Å²) in [6.07, 6.45) is 4.42. The molecule has 0 heterocycles. The highest BCUT2D eigenvalue weighted by molar-refractivity contribution is 5.41. The first-order valence-corrected chi connectivity index (χ1v) is 7.00. The molecule has 0 spiro atoms. The lowest BCUT2D eigenvalue weighted by atomic mass is 10.1. The molecule has 0 atom stereocenters. The van der Waals surface area contributed by atoms with Crippen LogP contribution in [0.5, 0.6) is 11.5 Å². The summed E-state index contributed by atoms with van der Waals surface area (Å²) in [4.78, 5) is 0. The molecule has 3 heteroatoms. The molecule has 0 aliphatic heterocycles. The van der Waals surface area contributed by atoms with Crippen LogP contribution in [0, 0.1) is 12.8 Å². The quantitative estimate of drug-likeness (QED) is 0.640. The van der Waals surface area contributed by atoms with Crippen molar-refractivity contribution >= 4 is 0 Å². The van der Waals surface area contributed by atoms with Crippen molar-refractivity contribution in [3.8, 4) is 11.5 Å². The predicted molar refractivity (Wildman–Crippen MR) is 75.7 cm³/mol. The third kappa shape index (κ3) is 4.75. The SMILES string of the molecule is [CH2]CCc1ccc(OCCOC)cc1OCC1CC1. The summed E-state index contributed by atoms with van der Waals surface area (Å²) in [5.74, 6) is 2.55. The van der Waals surface area contributed by atoms with Crippen LogP contribution in [0.25, 0.3) is 0 Å². The maximum atomic E-state index is 5.92. The zero-order valence-electron chi connectivity index (χ0n) is 11.7. The van der Waals surface area contributed by atoms with Crippen molar-refractivity contribution < 1.29 is 14.2 Å². The summed E-state index contributed by atoms with van der Waals surface area (Å²) in [6, 6.07) is 6.06. The lowest BCUT2D eigenvalue weighted by Crippen LogP contribution is -2.06. The highest BCUT2D eigenvalue weighted by Gasteiger charge is 2.22. The Morgan fingerprint density at radius 1 is 1.21 bits per heavy atom. The van der Waals surface area contributed by atoms with Gasteiger partial charge in [-0.3, -0.25) is 0 Å². The Balaban J connectivity index is 1.98. The summed E-state index contributed by atoms with van der Waals surface area (Å²) < 4.78 is 16.5. The first kappa shape index (κ1) is 14.2. The normalized spacial score (nSPS) is 14.4. The maximum absolute atomic E-state index is 5.92. The molecular formula is C16H23O3. The summed E-state index contributed by atoms with van der Waals surface area (Å²) in [7, 11) is 1.67. The fraction of sp³-hybridized carbons (Fsp3) is 0.562. The number of benzene rings is 1. The molecule has 1 aliphatic rings. The summed E-state index contributed by atoms with van der Waals surface area (Å²) in [5, 5.41) is 0. The van der Waals surface area contributed by atoms with Gasteiger partial charge in [0.2, 0.25) is 0 Å². The van der Waals surface area contributed by atoms with Crippen molar-refractivity contribution in [2.75, 3.05) is 26.9 Å². The van der Waals surface area contributed by atoms with Gasteiger partial charge >= 0.3 is 0 Å². The van der Waals surface area contributed by atoms with Crippen molar-refractivity contribution in [3.63, 3.8) is 0 Å². The Labute approximate surface area is 115 Å². The van der Waals surface area contributed by atoms with E-state index in [0.717, 1.165) is 36.9 Å². The molecule has 1 aliphatic carbocycles. The van der Waals surface area contributed by atoms with Crippen molar-refractivity contribution in [1.82, 2.24) is 0 Å². The zero-order chi connectivity index (χ0) is 13.5. The smallest absolute Gasteiger partial charge is 0.126 e. The van der Waals surface area contributed by atoms with Crippen LogP contribution < -0.4 is 9.47 Å². The van der Waals surface area contributed by atoms with Crippen LogP contribution in [-0.2, 0) is 11.2 Å². The lowest BCUT2D eigenvalue weighted by molar-refractivity contribution is 0.146. The Morgan fingerprint density at radius 2 is 2.05 bits per heavy atom. The third-order valence-electron chi connectivity index (χ3n) is 3.21. The van der Waals surface area contributed by atoms with Crippen LogP contribution >= 0.6 is 0 Å². The lowest BCUT2D eigenvalue weighted by Gasteiger charge is -2.13. The largest absolute Gasteiger partial charge is 0.493 e. The number of methoxy groups -OCH3 is 1. The fourth-order valence-corrected chi connectivity index (χ4v) is 1.89. The second-order valence-electron chi connectivity index (χ2n) is 4.97. The molecule has 0 bridgehead atoms. The average Bonchev–Trinajstić information content (AvgIpc) is 3.23. The molecule has 1 aromatic carbocycles. The van der Waals surface area contributed by atoms with E-state index < -0.39 is 0 Å². The van der Waals surface area contributed by atoms with Gasteiger partial charge in [-0.15, -0.1) is 0 Å². The number of hydrogen-bond acceptors (Lipinski definition) is 3. The molecule has 19 heavy (non-hydrogen) atoms. The molecule has 0 N–H and O–H groups in total. The van der Waals surface area contributed by atoms with E-state index in [0.29, 0.717) is 13.2 Å². The van der Waals surface area contributed by atoms with Gasteiger partial charge in [-0.1, -0.05) is 13.0 Å². The van der Waals surface area contributed by atoms with Gasteiger partial charge in [-0.2, -0.15) is 0 Å². The molecule has 0 amide bonds. The van der Waals surface area contributed by atoms with Crippen molar-refractivity contribution in [3.05, 3.63) is 30.7 Å². The van der Waals surface area contributed by atoms with Gasteiger partial charge in [0.15, 0.2) is 0 Å². The first-order chi connectivity index (χ1) is 9.33. The molecule has 1 radical (unpaired) electrons. The third-order valence-corrected chi connectivity index (χ3v) is 3.21. The van der Waals surface area contributed by atoms with Crippen molar-refractivity contribution in [2.45, 2.75) is 25.7 Å². The molecular weight excluding hydrogens is 240 g/mol. The molecule has 2 rings (SSSR count). The van der Waals surface area contributed by atoms with Gasteiger partial charge in [0, 0.05) is 13.2 Å². The molecule has 105 valence electrons. The standard InChI is InChI=1S/C16H23O3/c1-3-4-14-7-8-15(18-10-9-17-2)11-16(14)19-12-13-5-6-13/h7-8,11,13H,1,3-6,9-10,12H2,2H3. The molecule has 3 nitrogen and oxygen atoms in total. The number of hydrogen-bond donors (Lipinski definition) is 0. The Hall–Kier alpha value is -1.22. The van der Waals surface area contributed by atoms with E-state index in [9.17, 15) is 0 Å².